The summed E-state index contributed by atoms with van der Waals surface area (Å²) in [5.74, 6) is -2.37. The lowest BCUT2D eigenvalue weighted by molar-refractivity contribution is -0.188. The smallest absolute Gasteiger partial charge is 0.361 e. The normalized spacial score (nSPS) is 19.1. The van der Waals surface area contributed by atoms with Crippen LogP contribution in [0.15, 0.2) is 30.5 Å². The molecule has 0 radical (unpaired) electrons. The van der Waals surface area contributed by atoms with Crippen molar-refractivity contribution in [3.05, 3.63) is 36.0 Å². The maximum atomic E-state index is 13.1. The van der Waals surface area contributed by atoms with Crippen LogP contribution < -0.4 is 5.32 Å². The number of benzene rings is 1. The lowest BCUT2D eigenvalue weighted by Gasteiger charge is -2.35. The summed E-state index contributed by atoms with van der Waals surface area (Å²) < 4.78 is 39.2. The Bertz CT molecular complexity index is 831. The van der Waals surface area contributed by atoms with Crippen LogP contribution in [0.4, 0.5) is 13.2 Å². The van der Waals surface area contributed by atoms with E-state index >= 15 is 0 Å². The van der Waals surface area contributed by atoms with Crippen molar-refractivity contribution in [1.29, 1.82) is 0 Å². The number of likely N-dealkylation sites (tertiary alicyclic amines) is 1. The summed E-state index contributed by atoms with van der Waals surface area (Å²) in [5.41, 5.74) is 1.73. The monoisotopic (exact) mass is 381 g/mol. The van der Waals surface area contributed by atoms with E-state index < -0.39 is 30.0 Å². The number of halogens is 3. The van der Waals surface area contributed by atoms with E-state index in [1.54, 1.807) is 6.20 Å². The molecule has 2 unspecified atom stereocenters. The first kappa shape index (κ1) is 19.3. The summed E-state index contributed by atoms with van der Waals surface area (Å²) >= 11 is 0. The molecule has 2 heterocycles. The molecule has 5 nitrogen and oxygen atoms in total. The zero-order valence-corrected chi connectivity index (χ0v) is 15.0. The Morgan fingerprint density at radius 2 is 2.07 bits per heavy atom. The first-order chi connectivity index (χ1) is 12.8. The second-order valence-corrected chi connectivity index (χ2v) is 6.98. The van der Waals surface area contributed by atoms with E-state index in [-0.39, 0.29) is 25.9 Å². The van der Waals surface area contributed by atoms with Crippen molar-refractivity contribution in [3.63, 3.8) is 0 Å². The Balaban J connectivity index is 1.79. The topological polar surface area (TPSA) is 65.2 Å². The third-order valence-electron chi connectivity index (χ3n) is 4.97. The van der Waals surface area contributed by atoms with Gasteiger partial charge in [-0.3, -0.25) is 9.59 Å². The first-order valence-corrected chi connectivity index (χ1v) is 8.93. The minimum atomic E-state index is -4.32. The Kier molecular flexibility index (Phi) is 5.43. The summed E-state index contributed by atoms with van der Waals surface area (Å²) in [6, 6.07) is 6.65. The van der Waals surface area contributed by atoms with Crippen LogP contribution in [0.25, 0.3) is 10.9 Å². The maximum Gasteiger partial charge on any atom is 0.393 e. The summed E-state index contributed by atoms with van der Waals surface area (Å²) in [4.78, 5) is 28.8. The van der Waals surface area contributed by atoms with Gasteiger partial charge < -0.3 is 15.2 Å². The van der Waals surface area contributed by atoms with Crippen LogP contribution in [-0.2, 0) is 16.0 Å². The lowest BCUT2D eigenvalue weighted by Crippen LogP contribution is -2.53. The lowest BCUT2D eigenvalue weighted by atomic mass is 9.96. The molecular formula is C19H22F3N3O2. The molecule has 1 aliphatic rings. The molecule has 2 aromatic rings. The third-order valence-corrected chi connectivity index (χ3v) is 4.97. The van der Waals surface area contributed by atoms with Gasteiger partial charge in [0.15, 0.2) is 0 Å². The molecular weight excluding hydrogens is 359 g/mol. The number of amides is 2. The average Bonchev–Trinajstić information content (AvgIpc) is 3.03. The third kappa shape index (κ3) is 4.43. The van der Waals surface area contributed by atoms with Gasteiger partial charge in [0.25, 0.3) is 0 Å². The molecule has 1 aromatic heterocycles. The quantitative estimate of drug-likeness (QED) is 0.855. The average molecular weight is 381 g/mol. The Morgan fingerprint density at radius 3 is 2.78 bits per heavy atom. The molecule has 2 atom stereocenters. The van der Waals surface area contributed by atoms with Gasteiger partial charge >= 0.3 is 6.18 Å². The summed E-state index contributed by atoms with van der Waals surface area (Å²) in [6.07, 6.45) is -2.01. The standard InChI is InChI=1S/C19H22F3N3O2/c1-12(26)24-17(9-13-10-23-16-7-3-2-6-15(13)16)18(27)25-8-4-5-14(11-25)19(20,21)22/h2-3,6-7,10,14,17,23H,4-5,8-9,11H2,1H3,(H,24,26). The molecule has 146 valence electrons. The number of piperidine rings is 1. The van der Waals surface area contributed by atoms with Crippen molar-refractivity contribution in [2.75, 3.05) is 13.1 Å². The molecule has 0 aliphatic carbocycles. The van der Waals surface area contributed by atoms with E-state index in [0.717, 1.165) is 16.5 Å². The highest BCUT2D eigenvalue weighted by atomic mass is 19.4. The molecule has 1 aliphatic heterocycles. The molecule has 8 heteroatoms. The van der Waals surface area contributed by atoms with Crippen molar-refractivity contribution in [2.24, 2.45) is 5.92 Å². The largest absolute Gasteiger partial charge is 0.393 e. The minimum Gasteiger partial charge on any atom is -0.361 e. The number of nitrogens with one attached hydrogen (secondary N) is 2. The van der Waals surface area contributed by atoms with Crippen LogP contribution in [0.2, 0.25) is 0 Å². The van der Waals surface area contributed by atoms with Gasteiger partial charge in [0.2, 0.25) is 11.8 Å². The molecule has 3 rings (SSSR count). The number of aromatic nitrogens is 1. The van der Waals surface area contributed by atoms with E-state index in [0.29, 0.717) is 6.42 Å². The molecule has 2 N–H and O–H groups in total. The van der Waals surface area contributed by atoms with Gasteiger partial charge in [-0.2, -0.15) is 13.2 Å². The van der Waals surface area contributed by atoms with Crippen molar-refractivity contribution >= 4 is 22.7 Å². The van der Waals surface area contributed by atoms with Gasteiger partial charge in [0.05, 0.1) is 5.92 Å². The number of rotatable bonds is 4. The zero-order valence-electron chi connectivity index (χ0n) is 15.0. The maximum absolute atomic E-state index is 13.1. The number of alkyl halides is 3. The minimum absolute atomic E-state index is 0.0283. The molecule has 0 bridgehead atoms. The molecule has 1 saturated heterocycles. The Labute approximate surface area is 154 Å². The molecule has 27 heavy (non-hydrogen) atoms. The molecule has 1 aromatic carbocycles. The summed E-state index contributed by atoms with van der Waals surface area (Å²) in [7, 11) is 0. The van der Waals surface area contributed by atoms with Crippen molar-refractivity contribution in [1.82, 2.24) is 15.2 Å². The van der Waals surface area contributed by atoms with Crippen molar-refractivity contribution in [3.8, 4) is 0 Å². The van der Waals surface area contributed by atoms with Crippen LogP contribution in [0.3, 0.4) is 0 Å². The number of para-hydroxylation sites is 1. The second-order valence-electron chi connectivity index (χ2n) is 6.98. The van der Waals surface area contributed by atoms with E-state index in [9.17, 15) is 22.8 Å². The van der Waals surface area contributed by atoms with Crippen LogP contribution in [-0.4, -0.2) is 47.0 Å². The number of nitrogens with zero attached hydrogens (tertiary/aromatic N) is 1. The number of H-pyrrole nitrogens is 1. The van der Waals surface area contributed by atoms with Gasteiger partial charge in [-0.25, -0.2) is 0 Å². The molecule has 1 fully saturated rings. The molecule has 2 amide bonds. The van der Waals surface area contributed by atoms with E-state index in [4.69, 9.17) is 0 Å². The fourth-order valence-electron chi connectivity index (χ4n) is 3.63. The highest BCUT2D eigenvalue weighted by Crippen LogP contribution is 2.33. The van der Waals surface area contributed by atoms with E-state index in [1.807, 2.05) is 24.3 Å². The predicted octanol–water partition coefficient (Wildman–Crippen LogP) is 3.02. The van der Waals surface area contributed by atoms with Gasteiger partial charge in [0.1, 0.15) is 6.04 Å². The highest BCUT2D eigenvalue weighted by Gasteiger charge is 2.43. The summed E-state index contributed by atoms with van der Waals surface area (Å²) in [6.45, 7) is 1.21. The van der Waals surface area contributed by atoms with Crippen molar-refractivity contribution < 1.29 is 22.8 Å². The van der Waals surface area contributed by atoms with Gasteiger partial charge in [-0.1, -0.05) is 18.2 Å². The fraction of sp³-hybridized carbons (Fsp3) is 0.474. The van der Waals surface area contributed by atoms with Gasteiger partial charge in [-0.15, -0.1) is 0 Å². The zero-order chi connectivity index (χ0) is 19.6. The van der Waals surface area contributed by atoms with Crippen LogP contribution in [0.5, 0.6) is 0 Å². The number of hydrogen-bond donors (Lipinski definition) is 2. The van der Waals surface area contributed by atoms with E-state index in [1.165, 1.54) is 11.8 Å². The Hall–Kier alpha value is -2.51. The Morgan fingerprint density at radius 1 is 1.33 bits per heavy atom. The number of carbonyl (C=O) groups excluding carboxylic acids is 2. The van der Waals surface area contributed by atoms with Gasteiger partial charge in [0, 0.05) is 43.5 Å². The first-order valence-electron chi connectivity index (χ1n) is 8.93. The summed E-state index contributed by atoms with van der Waals surface area (Å²) in [5, 5.41) is 3.53. The van der Waals surface area contributed by atoms with Crippen LogP contribution >= 0.6 is 0 Å². The van der Waals surface area contributed by atoms with Crippen LogP contribution in [0, 0.1) is 5.92 Å². The predicted molar refractivity (Wildman–Crippen MR) is 95.0 cm³/mol. The van der Waals surface area contributed by atoms with E-state index in [2.05, 4.69) is 10.3 Å². The number of hydrogen-bond acceptors (Lipinski definition) is 2. The number of aromatic amines is 1. The highest BCUT2D eigenvalue weighted by molar-refractivity contribution is 5.89. The second kappa shape index (κ2) is 7.62. The van der Waals surface area contributed by atoms with Gasteiger partial charge in [-0.05, 0) is 24.5 Å². The molecule has 0 spiro atoms. The number of fused-ring (bicyclic) bond motifs is 1. The molecule has 0 saturated carbocycles. The van der Waals surface area contributed by atoms with Crippen molar-refractivity contribution in [2.45, 2.75) is 38.4 Å². The van der Waals surface area contributed by atoms with Crippen LogP contribution in [0.1, 0.15) is 25.3 Å². The SMILES string of the molecule is CC(=O)NC(Cc1c[nH]c2ccccc12)C(=O)N1CCCC(C(F)(F)F)C1. The fourth-order valence-corrected chi connectivity index (χ4v) is 3.63. The number of carbonyl (C=O) groups is 2.